The fraction of sp³-hybridized carbons (Fsp3) is 0.409. The molecule has 0 spiro atoms. The average Bonchev–Trinajstić information content (AvgIpc) is 3.19. The van der Waals surface area contributed by atoms with Crippen LogP contribution in [-0.2, 0) is 26.1 Å². The van der Waals surface area contributed by atoms with Gasteiger partial charge in [-0.2, -0.15) is 0 Å². The highest BCUT2D eigenvalue weighted by Gasteiger charge is 2.24. The number of carbonyl (C=O) groups excluding carboxylic acids is 1. The number of anilines is 2. The molecule has 2 aliphatic heterocycles. The molecule has 2 aliphatic rings. The maximum absolute atomic E-state index is 12.8. The fourth-order valence-corrected chi connectivity index (χ4v) is 5.01. The number of rotatable bonds is 6. The van der Waals surface area contributed by atoms with Crippen molar-refractivity contribution in [2.75, 3.05) is 42.6 Å². The van der Waals surface area contributed by atoms with Gasteiger partial charge in [0.2, 0.25) is 15.9 Å². The molecule has 8 heteroatoms. The minimum absolute atomic E-state index is 0.0901. The molecule has 1 N–H and O–H groups in total. The van der Waals surface area contributed by atoms with E-state index in [1.165, 1.54) is 0 Å². The van der Waals surface area contributed by atoms with E-state index < -0.39 is 10.0 Å². The second kappa shape index (κ2) is 8.75. The van der Waals surface area contributed by atoms with Crippen LogP contribution < -0.4 is 14.5 Å². The van der Waals surface area contributed by atoms with Crippen molar-refractivity contribution in [1.29, 1.82) is 0 Å². The van der Waals surface area contributed by atoms with Crippen LogP contribution in [0, 0.1) is 6.92 Å². The van der Waals surface area contributed by atoms with Gasteiger partial charge >= 0.3 is 0 Å². The molecule has 0 atom stereocenters. The molecule has 0 saturated carbocycles. The molecule has 0 radical (unpaired) electrons. The molecule has 1 amide bonds. The summed E-state index contributed by atoms with van der Waals surface area (Å²) in [5.41, 5.74) is 3.58. The Morgan fingerprint density at radius 1 is 1.03 bits per heavy atom. The van der Waals surface area contributed by atoms with Gasteiger partial charge in [0.1, 0.15) is 0 Å². The Bertz CT molecular complexity index is 1020. The number of sulfonamides is 1. The van der Waals surface area contributed by atoms with Crippen LogP contribution in [0.25, 0.3) is 0 Å². The van der Waals surface area contributed by atoms with Crippen LogP contribution in [0.15, 0.2) is 47.4 Å². The maximum Gasteiger partial charge on any atom is 0.240 e. The summed E-state index contributed by atoms with van der Waals surface area (Å²) in [5.74, 6) is 0.0901. The summed E-state index contributed by atoms with van der Waals surface area (Å²) in [4.78, 5) is 16.2. The summed E-state index contributed by atoms with van der Waals surface area (Å²) < 4.78 is 33.6. The highest BCUT2D eigenvalue weighted by Crippen LogP contribution is 2.27. The molecule has 0 bridgehead atoms. The number of hydrogen-bond acceptors (Lipinski definition) is 5. The molecule has 0 aliphatic carbocycles. The predicted octanol–water partition coefficient (Wildman–Crippen LogP) is 2.44. The van der Waals surface area contributed by atoms with E-state index in [-0.39, 0.29) is 17.3 Å². The second-order valence-electron chi connectivity index (χ2n) is 7.69. The Morgan fingerprint density at radius 3 is 2.40 bits per heavy atom. The summed E-state index contributed by atoms with van der Waals surface area (Å²) in [5, 5.41) is 0. The number of ether oxygens (including phenoxy) is 1. The van der Waals surface area contributed by atoms with Crippen molar-refractivity contribution in [1.82, 2.24) is 4.72 Å². The Morgan fingerprint density at radius 2 is 1.77 bits per heavy atom. The number of benzene rings is 2. The Balaban J connectivity index is 1.41. The topological polar surface area (TPSA) is 79.0 Å². The van der Waals surface area contributed by atoms with Crippen molar-refractivity contribution < 1.29 is 17.9 Å². The lowest BCUT2D eigenvalue weighted by Gasteiger charge is -2.28. The van der Waals surface area contributed by atoms with E-state index in [1.54, 1.807) is 23.1 Å². The molecule has 2 aromatic carbocycles. The molecule has 0 aromatic heterocycles. The number of amides is 1. The molecular weight excluding hydrogens is 402 g/mol. The molecule has 7 nitrogen and oxygen atoms in total. The molecule has 2 saturated heterocycles. The third-order valence-electron chi connectivity index (χ3n) is 5.62. The van der Waals surface area contributed by atoms with Crippen LogP contribution in [0.3, 0.4) is 0 Å². The van der Waals surface area contributed by atoms with Gasteiger partial charge in [-0.3, -0.25) is 4.79 Å². The van der Waals surface area contributed by atoms with Crippen LogP contribution in [0.2, 0.25) is 0 Å². The predicted molar refractivity (Wildman–Crippen MR) is 116 cm³/mol. The van der Waals surface area contributed by atoms with E-state index in [9.17, 15) is 13.2 Å². The van der Waals surface area contributed by atoms with Gasteiger partial charge in [-0.1, -0.05) is 12.1 Å². The highest BCUT2D eigenvalue weighted by atomic mass is 32.2. The van der Waals surface area contributed by atoms with Crippen LogP contribution in [-0.4, -0.2) is 47.2 Å². The normalized spacial score (nSPS) is 17.6. The van der Waals surface area contributed by atoms with E-state index in [0.29, 0.717) is 13.0 Å². The van der Waals surface area contributed by atoms with Gasteiger partial charge in [-0.15, -0.1) is 0 Å². The van der Waals surface area contributed by atoms with E-state index >= 15 is 0 Å². The van der Waals surface area contributed by atoms with Gasteiger partial charge in [-0.05, 0) is 54.8 Å². The lowest BCUT2D eigenvalue weighted by Crippen LogP contribution is -2.36. The zero-order valence-electron chi connectivity index (χ0n) is 17.1. The smallest absolute Gasteiger partial charge is 0.240 e. The number of aryl methyl sites for hydroxylation is 1. The van der Waals surface area contributed by atoms with Crippen molar-refractivity contribution in [2.24, 2.45) is 0 Å². The Kier molecular flexibility index (Phi) is 6.08. The van der Waals surface area contributed by atoms with Crippen molar-refractivity contribution in [3.63, 3.8) is 0 Å². The highest BCUT2D eigenvalue weighted by molar-refractivity contribution is 7.89. The third-order valence-corrected chi connectivity index (χ3v) is 7.02. The molecule has 160 valence electrons. The zero-order chi connectivity index (χ0) is 21.1. The number of hydrogen-bond donors (Lipinski definition) is 1. The number of carbonyl (C=O) groups is 1. The fourth-order valence-electron chi connectivity index (χ4n) is 3.91. The van der Waals surface area contributed by atoms with Gasteiger partial charge in [0.15, 0.2) is 0 Å². The monoisotopic (exact) mass is 429 g/mol. The molecule has 2 aromatic rings. The largest absolute Gasteiger partial charge is 0.378 e. The molecule has 0 unspecified atom stereocenters. The van der Waals surface area contributed by atoms with E-state index in [2.05, 4.69) is 9.62 Å². The van der Waals surface area contributed by atoms with E-state index in [4.69, 9.17) is 4.74 Å². The molecule has 4 rings (SSSR count). The third kappa shape index (κ3) is 4.50. The summed E-state index contributed by atoms with van der Waals surface area (Å²) in [6, 6.07) is 12.8. The zero-order valence-corrected chi connectivity index (χ0v) is 18.0. The van der Waals surface area contributed by atoms with Gasteiger partial charge in [0, 0.05) is 44.0 Å². The van der Waals surface area contributed by atoms with Crippen LogP contribution >= 0.6 is 0 Å². The summed E-state index contributed by atoms with van der Waals surface area (Å²) >= 11 is 0. The van der Waals surface area contributed by atoms with Crippen molar-refractivity contribution in [3.8, 4) is 0 Å². The van der Waals surface area contributed by atoms with Crippen LogP contribution in [0.1, 0.15) is 24.0 Å². The van der Waals surface area contributed by atoms with E-state index in [0.717, 1.165) is 55.2 Å². The quantitative estimate of drug-likeness (QED) is 0.763. The number of nitrogens with zero attached hydrogens (tertiary/aromatic N) is 2. The second-order valence-corrected chi connectivity index (χ2v) is 9.45. The lowest BCUT2D eigenvalue weighted by molar-refractivity contribution is -0.117. The lowest BCUT2D eigenvalue weighted by atomic mass is 10.2. The summed E-state index contributed by atoms with van der Waals surface area (Å²) in [7, 11) is -3.65. The Hall–Kier alpha value is -2.42. The molecule has 2 heterocycles. The molecule has 30 heavy (non-hydrogen) atoms. The maximum atomic E-state index is 12.8. The van der Waals surface area contributed by atoms with Crippen molar-refractivity contribution in [3.05, 3.63) is 53.6 Å². The first-order valence-electron chi connectivity index (χ1n) is 10.3. The van der Waals surface area contributed by atoms with Gasteiger partial charge in [0.25, 0.3) is 0 Å². The first kappa shape index (κ1) is 20.8. The van der Waals surface area contributed by atoms with Gasteiger partial charge in [0.05, 0.1) is 18.1 Å². The number of morpholine rings is 1. The first-order chi connectivity index (χ1) is 14.4. The summed E-state index contributed by atoms with van der Waals surface area (Å²) in [6.07, 6.45) is 1.38. The molecule has 2 fully saturated rings. The standard InChI is InChI=1S/C22H27N3O4S/c1-17-15-20(8-9-21(17)25-10-2-3-22(25)26)30(27,28)23-16-18-4-6-19(7-5-18)24-11-13-29-14-12-24/h4-9,15,23H,2-3,10-14,16H2,1H3. The van der Waals surface area contributed by atoms with Crippen LogP contribution in [0.4, 0.5) is 11.4 Å². The van der Waals surface area contributed by atoms with Crippen molar-refractivity contribution in [2.45, 2.75) is 31.2 Å². The SMILES string of the molecule is Cc1cc(S(=O)(=O)NCc2ccc(N3CCOCC3)cc2)ccc1N1CCCC1=O. The summed E-state index contributed by atoms with van der Waals surface area (Å²) in [6.45, 7) is 5.93. The minimum atomic E-state index is -3.65. The van der Waals surface area contributed by atoms with E-state index in [1.807, 2.05) is 31.2 Å². The average molecular weight is 430 g/mol. The van der Waals surface area contributed by atoms with Crippen LogP contribution in [0.5, 0.6) is 0 Å². The van der Waals surface area contributed by atoms with Crippen molar-refractivity contribution >= 4 is 27.3 Å². The first-order valence-corrected chi connectivity index (χ1v) is 11.7. The minimum Gasteiger partial charge on any atom is -0.378 e. The number of nitrogens with one attached hydrogen (secondary N) is 1. The van der Waals surface area contributed by atoms with Gasteiger partial charge < -0.3 is 14.5 Å². The van der Waals surface area contributed by atoms with Gasteiger partial charge in [-0.25, -0.2) is 13.1 Å². The Labute approximate surface area is 177 Å². The molecular formula is C22H27N3O4S.